The second kappa shape index (κ2) is 10.2. The Kier molecular flexibility index (Phi) is 7.64. The van der Waals surface area contributed by atoms with Crippen molar-refractivity contribution in [1.82, 2.24) is 20.4 Å². The van der Waals surface area contributed by atoms with Gasteiger partial charge in [-0.05, 0) is 57.6 Å². The van der Waals surface area contributed by atoms with Crippen LogP contribution in [0.5, 0.6) is 0 Å². The smallest absolute Gasteiger partial charge is 0.407 e. The van der Waals surface area contributed by atoms with Gasteiger partial charge in [-0.25, -0.2) is 9.79 Å². The van der Waals surface area contributed by atoms with Crippen LogP contribution in [0.15, 0.2) is 29.3 Å². The van der Waals surface area contributed by atoms with Crippen LogP contribution in [-0.2, 0) is 22.4 Å². The molecule has 1 aliphatic heterocycles. The number of hydrogen-bond acceptors (Lipinski definition) is 4. The lowest BCUT2D eigenvalue weighted by Gasteiger charge is -2.30. The molecule has 2 aliphatic rings. The number of fused-ring (bicyclic) bond motifs is 1. The lowest BCUT2D eigenvalue weighted by molar-refractivity contribution is -0.127. The van der Waals surface area contributed by atoms with Crippen LogP contribution in [0.2, 0.25) is 0 Å². The molecule has 8 heteroatoms. The zero-order valence-corrected chi connectivity index (χ0v) is 20.0. The van der Waals surface area contributed by atoms with Crippen molar-refractivity contribution >= 4 is 18.0 Å². The van der Waals surface area contributed by atoms with Crippen molar-refractivity contribution in [2.75, 3.05) is 33.7 Å². The fourth-order valence-electron chi connectivity index (χ4n) is 4.07. The predicted molar refractivity (Wildman–Crippen MR) is 126 cm³/mol. The molecule has 0 bridgehead atoms. The number of likely N-dealkylation sites (tertiary alicyclic amines) is 1. The number of carbonyl (C=O) groups excluding carboxylic acids is 2. The van der Waals surface area contributed by atoms with Crippen molar-refractivity contribution < 1.29 is 14.3 Å². The summed E-state index contributed by atoms with van der Waals surface area (Å²) < 4.78 is 5.39. The Labute approximate surface area is 191 Å². The average Bonchev–Trinajstić information content (AvgIpc) is 3.17. The minimum Gasteiger partial charge on any atom is -0.444 e. The fraction of sp³-hybridized carbons (Fsp3) is 0.625. The number of carbonyl (C=O) groups is 2. The maximum atomic E-state index is 12.2. The summed E-state index contributed by atoms with van der Waals surface area (Å²) in [6.07, 6.45) is 3.38. The number of ether oxygens (including phenoxy) is 1. The van der Waals surface area contributed by atoms with Crippen LogP contribution in [0.1, 0.15) is 44.7 Å². The number of aryl methyl sites for hydroxylation is 1. The molecule has 2 atom stereocenters. The quantitative estimate of drug-likeness (QED) is 0.550. The maximum Gasteiger partial charge on any atom is 0.407 e. The molecule has 2 amide bonds. The van der Waals surface area contributed by atoms with E-state index in [-0.39, 0.29) is 24.5 Å². The first kappa shape index (κ1) is 23.9. The highest BCUT2D eigenvalue weighted by molar-refractivity contribution is 5.85. The van der Waals surface area contributed by atoms with E-state index >= 15 is 0 Å². The summed E-state index contributed by atoms with van der Waals surface area (Å²) >= 11 is 0. The van der Waals surface area contributed by atoms with Gasteiger partial charge < -0.3 is 25.2 Å². The van der Waals surface area contributed by atoms with Gasteiger partial charge in [0.05, 0.1) is 6.04 Å². The number of alkyl carbamates (subject to hydrolysis) is 1. The summed E-state index contributed by atoms with van der Waals surface area (Å²) in [5.74, 6) is 0.694. The highest BCUT2D eigenvalue weighted by Crippen LogP contribution is 2.21. The number of rotatable bonds is 4. The number of guanidine groups is 1. The van der Waals surface area contributed by atoms with Gasteiger partial charge in [0.2, 0.25) is 5.91 Å². The largest absolute Gasteiger partial charge is 0.444 e. The summed E-state index contributed by atoms with van der Waals surface area (Å²) in [6.45, 7) is 7.04. The Morgan fingerprint density at radius 2 is 1.84 bits per heavy atom. The highest BCUT2D eigenvalue weighted by Gasteiger charge is 2.29. The Morgan fingerprint density at radius 1 is 1.12 bits per heavy atom. The Balaban J connectivity index is 1.65. The summed E-state index contributed by atoms with van der Waals surface area (Å²) in [4.78, 5) is 32.7. The number of aliphatic imine (C=N–C) groups is 1. The third kappa shape index (κ3) is 6.87. The minimum atomic E-state index is -0.527. The molecule has 0 saturated carbocycles. The third-order valence-electron chi connectivity index (χ3n) is 5.75. The van der Waals surface area contributed by atoms with Crippen LogP contribution in [-0.4, -0.2) is 79.2 Å². The Bertz CT molecular complexity index is 846. The zero-order valence-electron chi connectivity index (χ0n) is 20.0. The molecular weight excluding hydrogens is 406 g/mol. The molecule has 176 valence electrons. The summed E-state index contributed by atoms with van der Waals surface area (Å²) in [7, 11) is 3.47. The number of amides is 2. The second-order valence-corrected chi connectivity index (χ2v) is 9.86. The molecular formula is C24H37N5O3. The van der Waals surface area contributed by atoms with E-state index in [1.807, 2.05) is 20.8 Å². The average molecular weight is 444 g/mol. The summed E-state index contributed by atoms with van der Waals surface area (Å²) in [6, 6.07) is 8.80. The van der Waals surface area contributed by atoms with Crippen molar-refractivity contribution in [3.63, 3.8) is 0 Å². The molecule has 0 spiro atoms. The minimum absolute atomic E-state index is 0.0199. The molecule has 1 aliphatic carbocycles. The lowest BCUT2D eigenvalue weighted by atomic mass is 9.88. The van der Waals surface area contributed by atoms with E-state index in [0.29, 0.717) is 6.54 Å². The molecule has 0 radical (unpaired) electrons. The number of benzene rings is 1. The maximum absolute atomic E-state index is 12.2. The molecule has 8 nitrogen and oxygen atoms in total. The first-order valence-electron chi connectivity index (χ1n) is 11.4. The van der Waals surface area contributed by atoms with Gasteiger partial charge in [-0.3, -0.25) is 4.79 Å². The van der Waals surface area contributed by atoms with Gasteiger partial charge in [-0.1, -0.05) is 24.3 Å². The monoisotopic (exact) mass is 443 g/mol. The molecule has 2 unspecified atom stereocenters. The van der Waals surface area contributed by atoms with Crippen LogP contribution in [0.4, 0.5) is 4.79 Å². The SMILES string of the molecule is CN(C)C(=O)CN=C(NC1CCc2ccccc2C1)N1CCC(NC(=O)OC(C)(C)C)C1. The second-order valence-electron chi connectivity index (χ2n) is 9.86. The van der Waals surface area contributed by atoms with Crippen molar-refractivity contribution in [2.24, 2.45) is 4.99 Å². The normalized spacial score (nSPS) is 21.0. The third-order valence-corrected chi connectivity index (χ3v) is 5.75. The number of nitrogens with one attached hydrogen (secondary N) is 2. The fourth-order valence-corrected chi connectivity index (χ4v) is 4.07. The molecule has 3 rings (SSSR count). The number of likely N-dealkylation sites (N-methyl/N-ethyl adjacent to an activating group) is 1. The molecule has 32 heavy (non-hydrogen) atoms. The van der Waals surface area contributed by atoms with Gasteiger partial charge in [-0.15, -0.1) is 0 Å². The zero-order chi connectivity index (χ0) is 23.3. The molecule has 1 fully saturated rings. The van der Waals surface area contributed by atoms with E-state index in [1.165, 1.54) is 11.1 Å². The number of nitrogens with zero attached hydrogens (tertiary/aromatic N) is 3. The van der Waals surface area contributed by atoms with Gasteiger partial charge in [0.25, 0.3) is 0 Å². The van der Waals surface area contributed by atoms with Crippen LogP contribution in [0.3, 0.4) is 0 Å². The lowest BCUT2D eigenvalue weighted by Crippen LogP contribution is -2.49. The van der Waals surface area contributed by atoms with E-state index in [2.05, 4.69) is 44.8 Å². The first-order valence-corrected chi connectivity index (χ1v) is 11.4. The van der Waals surface area contributed by atoms with E-state index in [0.717, 1.165) is 38.2 Å². The van der Waals surface area contributed by atoms with Gasteiger partial charge in [0.1, 0.15) is 12.1 Å². The van der Waals surface area contributed by atoms with Crippen molar-refractivity contribution in [3.05, 3.63) is 35.4 Å². The van der Waals surface area contributed by atoms with Crippen molar-refractivity contribution in [3.8, 4) is 0 Å². The molecule has 0 aromatic heterocycles. The molecule has 1 saturated heterocycles. The summed E-state index contributed by atoms with van der Waals surface area (Å²) in [5, 5.41) is 6.57. The summed E-state index contributed by atoms with van der Waals surface area (Å²) in [5.41, 5.74) is 2.25. The van der Waals surface area contributed by atoms with Crippen LogP contribution >= 0.6 is 0 Å². The highest BCUT2D eigenvalue weighted by atomic mass is 16.6. The van der Waals surface area contributed by atoms with Gasteiger partial charge >= 0.3 is 6.09 Å². The van der Waals surface area contributed by atoms with Crippen molar-refractivity contribution in [1.29, 1.82) is 0 Å². The predicted octanol–water partition coefficient (Wildman–Crippen LogP) is 2.18. The molecule has 1 aromatic carbocycles. The van der Waals surface area contributed by atoms with Gasteiger partial charge in [0, 0.05) is 33.2 Å². The molecule has 2 N–H and O–H groups in total. The van der Waals surface area contributed by atoms with Crippen molar-refractivity contribution in [2.45, 2.75) is 64.1 Å². The van der Waals surface area contributed by atoms with Crippen LogP contribution < -0.4 is 10.6 Å². The van der Waals surface area contributed by atoms with E-state index < -0.39 is 11.7 Å². The van der Waals surface area contributed by atoms with Gasteiger partial charge in [0.15, 0.2) is 5.96 Å². The molecule has 1 heterocycles. The number of hydrogen-bond donors (Lipinski definition) is 2. The Morgan fingerprint density at radius 3 is 2.53 bits per heavy atom. The molecule has 1 aromatic rings. The van der Waals surface area contributed by atoms with Gasteiger partial charge in [-0.2, -0.15) is 0 Å². The van der Waals surface area contributed by atoms with E-state index in [1.54, 1.807) is 19.0 Å². The van der Waals surface area contributed by atoms with E-state index in [9.17, 15) is 9.59 Å². The standard InChI is InChI=1S/C24H37N5O3/c1-24(2,3)32-23(31)27-20-12-13-29(16-20)22(25-15-21(30)28(4)5)26-19-11-10-17-8-6-7-9-18(17)14-19/h6-9,19-20H,10-16H2,1-5H3,(H,25,26)(H,27,31). The van der Waals surface area contributed by atoms with Crippen LogP contribution in [0.25, 0.3) is 0 Å². The topological polar surface area (TPSA) is 86.3 Å². The van der Waals surface area contributed by atoms with E-state index in [4.69, 9.17) is 4.74 Å². The first-order chi connectivity index (χ1) is 15.1. The Hall–Kier alpha value is -2.77. The van der Waals surface area contributed by atoms with Crippen LogP contribution in [0, 0.1) is 0 Å².